The van der Waals surface area contributed by atoms with Gasteiger partial charge >= 0.3 is 12.3 Å². The summed E-state index contributed by atoms with van der Waals surface area (Å²) in [6.07, 6.45) is 4.50. The summed E-state index contributed by atoms with van der Waals surface area (Å²) in [5.74, 6) is 0.358. The van der Waals surface area contributed by atoms with Crippen LogP contribution < -0.4 is 0 Å². The van der Waals surface area contributed by atoms with Gasteiger partial charge in [-0.3, -0.25) is 0 Å². The summed E-state index contributed by atoms with van der Waals surface area (Å²) in [4.78, 5) is 23.1. The molecule has 0 spiro atoms. The van der Waals surface area contributed by atoms with E-state index in [0.29, 0.717) is 13.0 Å². The van der Waals surface area contributed by atoms with Gasteiger partial charge in [0.15, 0.2) is 0 Å². The Morgan fingerprint density at radius 1 is 0.917 bits per heavy atom. The van der Waals surface area contributed by atoms with Crippen LogP contribution in [0.15, 0.2) is 0 Å². The lowest BCUT2D eigenvalue weighted by Crippen LogP contribution is -2.34. The van der Waals surface area contributed by atoms with Crippen LogP contribution in [0.4, 0.5) is 9.59 Å². The van der Waals surface area contributed by atoms with E-state index in [-0.39, 0.29) is 30.7 Å². The topological polar surface area (TPSA) is 71.1 Å². The molecule has 1 atom stereocenters. The highest BCUT2D eigenvalue weighted by molar-refractivity contribution is 5.60. The molecule has 1 fully saturated rings. The second-order valence-electron chi connectivity index (χ2n) is 7.37. The first-order valence-corrected chi connectivity index (χ1v) is 8.96. The van der Waals surface area contributed by atoms with E-state index < -0.39 is 12.3 Å². The van der Waals surface area contributed by atoms with Crippen molar-refractivity contribution < 1.29 is 28.5 Å². The van der Waals surface area contributed by atoms with Crippen molar-refractivity contribution in [2.24, 2.45) is 11.8 Å². The molecule has 1 aliphatic rings. The molecule has 0 radical (unpaired) electrons. The lowest BCUT2D eigenvalue weighted by Gasteiger charge is -2.32. The zero-order chi connectivity index (χ0) is 18.0. The summed E-state index contributed by atoms with van der Waals surface area (Å²) in [5, 5.41) is 0. The van der Waals surface area contributed by atoms with E-state index in [0.717, 1.165) is 25.7 Å². The van der Waals surface area contributed by atoms with Crippen molar-refractivity contribution >= 4 is 12.3 Å². The van der Waals surface area contributed by atoms with E-state index >= 15 is 0 Å². The minimum atomic E-state index is -0.651. The fraction of sp³-hybridized carbons (Fsp3) is 0.889. The molecule has 0 saturated heterocycles. The van der Waals surface area contributed by atoms with Crippen molar-refractivity contribution in [3.8, 4) is 0 Å². The average molecular weight is 344 g/mol. The second-order valence-corrected chi connectivity index (χ2v) is 7.37. The van der Waals surface area contributed by atoms with Crippen molar-refractivity contribution in [3.05, 3.63) is 0 Å². The summed E-state index contributed by atoms with van der Waals surface area (Å²) in [6, 6.07) is 0. The molecule has 1 unspecified atom stereocenters. The Kier molecular flexibility index (Phi) is 8.93. The third-order valence-electron chi connectivity index (χ3n) is 4.09. The SMILES string of the molecule is CC(C)COC(=O)OCCC(C)COC(=O)OC1(C)CCCCC1. The first-order chi connectivity index (χ1) is 11.3. The molecule has 140 valence electrons. The maximum absolute atomic E-state index is 11.8. The summed E-state index contributed by atoms with van der Waals surface area (Å²) >= 11 is 0. The first kappa shape index (κ1) is 20.6. The van der Waals surface area contributed by atoms with Crippen LogP contribution in [0, 0.1) is 11.8 Å². The van der Waals surface area contributed by atoms with Crippen LogP contribution in [0.25, 0.3) is 0 Å². The molecule has 6 heteroatoms. The molecule has 0 heterocycles. The van der Waals surface area contributed by atoms with Gasteiger partial charge in [0, 0.05) is 0 Å². The molecule has 0 N–H and O–H groups in total. The van der Waals surface area contributed by atoms with Crippen molar-refractivity contribution in [2.45, 2.75) is 71.8 Å². The van der Waals surface area contributed by atoms with E-state index in [9.17, 15) is 9.59 Å². The van der Waals surface area contributed by atoms with Crippen molar-refractivity contribution in [1.82, 2.24) is 0 Å². The predicted molar refractivity (Wildman–Crippen MR) is 89.8 cm³/mol. The molecule has 6 nitrogen and oxygen atoms in total. The van der Waals surface area contributed by atoms with Crippen LogP contribution in [0.5, 0.6) is 0 Å². The maximum Gasteiger partial charge on any atom is 0.508 e. The standard InChI is InChI=1S/C18H32O6/c1-14(2)12-22-16(19)21-11-8-15(3)13-23-17(20)24-18(4)9-6-5-7-10-18/h14-15H,5-13H2,1-4H3. The molecule has 0 amide bonds. The van der Waals surface area contributed by atoms with Crippen LogP contribution in [-0.4, -0.2) is 37.7 Å². The van der Waals surface area contributed by atoms with E-state index in [1.807, 2.05) is 27.7 Å². The third kappa shape index (κ3) is 8.99. The number of carbonyl (C=O) groups is 2. The Balaban J connectivity index is 2.11. The molecule has 1 rings (SSSR count). The number of carbonyl (C=O) groups excluding carboxylic acids is 2. The monoisotopic (exact) mass is 344 g/mol. The normalized spacial score (nSPS) is 17.9. The van der Waals surface area contributed by atoms with Crippen LogP contribution in [-0.2, 0) is 18.9 Å². The highest BCUT2D eigenvalue weighted by Gasteiger charge is 2.31. The molecular formula is C18H32O6. The largest absolute Gasteiger partial charge is 0.508 e. The predicted octanol–water partition coefficient (Wildman–Crippen LogP) is 4.70. The van der Waals surface area contributed by atoms with Gasteiger partial charge in [-0.15, -0.1) is 0 Å². The Morgan fingerprint density at radius 3 is 2.17 bits per heavy atom. The zero-order valence-electron chi connectivity index (χ0n) is 15.5. The molecule has 0 aromatic rings. The van der Waals surface area contributed by atoms with Gasteiger partial charge in [0.1, 0.15) is 5.60 Å². The Labute approximate surface area is 145 Å². The van der Waals surface area contributed by atoms with E-state index in [1.54, 1.807) is 0 Å². The lowest BCUT2D eigenvalue weighted by molar-refractivity contribution is -0.0483. The minimum Gasteiger partial charge on any atom is -0.434 e. The number of hydrogen-bond acceptors (Lipinski definition) is 6. The molecule has 0 aromatic carbocycles. The smallest absolute Gasteiger partial charge is 0.434 e. The van der Waals surface area contributed by atoms with Crippen molar-refractivity contribution in [1.29, 1.82) is 0 Å². The fourth-order valence-corrected chi connectivity index (χ4v) is 2.55. The third-order valence-corrected chi connectivity index (χ3v) is 4.09. The summed E-state index contributed by atoms with van der Waals surface area (Å²) < 4.78 is 20.5. The van der Waals surface area contributed by atoms with Gasteiger partial charge in [-0.2, -0.15) is 0 Å². The van der Waals surface area contributed by atoms with E-state index in [2.05, 4.69) is 0 Å². The lowest BCUT2D eigenvalue weighted by atomic mass is 9.86. The molecule has 1 aliphatic carbocycles. The molecule has 0 bridgehead atoms. The Morgan fingerprint density at radius 2 is 1.54 bits per heavy atom. The van der Waals surface area contributed by atoms with Crippen molar-refractivity contribution in [2.75, 3.05) is 19.8 Å². The van der Waals surface area contributed by atoms with E-state index in [1.165, 1.54) is 6.42 Å². The van der Waals surface area contributed by atoms with Crippen LogP contribution in [0.2, 0.25) is 0 Å². The molecule has 0 aromatic heterocycles. The van der Waals surface area contributed by atoms with Gasteiger partial charge in [-0.1, -0.05) is 27.2 Å². The summed E-state index contributed by atoms with van der Waals surface area (Å²) in [5.41, 5.74) is -0.387. The van der Waals surface area contributed by atoms with Gasteiger partial charge in [-0.05, 0) is 50.9 Å². The average Bonchev–Trinajstić information content (AvgIpc) is 2.51. The number of hydrogen-bond donors (Lipinski definition) is 0. The first-order valence-electron chi connectivity index (χ1n) is 8.96. The van der Waals surface area contributed by atoms with Gasteiger partial charge in [0.2, 0.25) is 0 Å². The van der Waals surface area contributed by atoms with Crippen molar-refractivity contribution in [3.63, 3.8) is 0 Å². The second kappa shape index (κ2) is 10.4. The molecule has 24 heavy (non-hydrogen) atoms. The highest BCUT2D eigenvalue weighted by atomic mass is 16.7. The van der Waals surface area contributed by atoms with Gasteiger partial charge < -0.3 is 18.9 Å². The van der Waals surface area contributed by atoms with Crippen LogP contribution in [0.1, 0.15) is 66.2 Å². The molecule has 0 aliphatic heterocycles. The summed E-state index contributed by atoms with van der Waals surface area (Å²) in [7, 11) is 0. The van der Waals surface area contributed by atoms with Gasteiger partial charge in [0.25, 0.3) is 0 Å². The highest BCUT2D eigenvalue weighted by Crippen LogP contribution is 2.31. The molecular weight excluding hydrogens is 312 g/mol. The van der Waals surface area contributed by atoms with Gasteiger partial charge in [-0.25, -0.2) is 9.59 Å². The van der Waals surface area contributed by atoms with E-state index in [4.69, 9.17) is 18.9 Å². The fourth-order valence-electron chi connectivity index (χ4n) is 2.55. The quantitative estimate of drug-likeness (QED) is 0.594. The Bertz CT molecular complexity index is 387. The van der Waals surface area contributed by atoms with Crippen LogP contribution in [0.3, 0.4) is 0 Å². The Hall–Kier alpha value is -1.46. The maximum atomic E-state index is 11.8. The minimum absolute atomic E-state index is 0.0783. The van der Waals surface area contributed by atoms with Crippen LogP contribution >= 0.6 is 0 Å². The van der Waals surface area contributed by atoms with Gasteiger partial charge in [0.05, 0.1) is 19.8 Å². The zero-order valence-corrected chi connectivity index (χ0v) is 15.5. The molecule has 1 saturated carbocycles. The number of ether oxygens (including phenoxy) is 4. The summed E-state index contributed by atoms with van der Waals surface area (Å²) in [6.45, 7) is 8.65. The number of rotatable bonds is 8.